The summed E-state index contributed by atoms with van der Waals surface area (Å²) in [5, 5.41) is 12.9. The standard InChI is InChI=1S/C18H21NO/c20-13-18(17-4-2-1-3-5-17)19-12-14-6-8-15(9-7-14)16-10-11-16/h1-9,16,18-20H,10-13H2/t18-/m0/s1. The second-order valence-corrected chi connectivity index (χ2v) is 5.54. The molecule has 2 nitrogen and oxygen atoms in total. The molecule has 1 aliphatic carbocycles. The maximum atomic E-state index is 9.52. The summed E-state index contributed by atoms with van der Waals surface area (Å²) in [5.74, 6) is 0.812. The number of aliphatic hydroxyl groups excluding tert-OH is 1. The maximum absolute atomic E-state index is 9.52. The summed E-state index contributed by atoms with van der Waals surface area (Å²) in [6, 6.07) is 19.0. The van der Waals surface area contributed by atoms with Crippen LogP contribution in [0, 0.1) is 0 Å². The van der Waals surface area contributed by atoms with Crippen LogP contribution < -0.4 is 5.32 Å². The topological polar surface area (TPSA) is 32.3 Å². The van der Waals surface area contributed by atoms with Gasteiger partial charge in [0.25, 0.3) is 0 Å². The van der Waals surface area contributed by atoms with Crippen LogP contribution in [0.4, 0.5) is 0 Å². The van der Waals surface area contributed by atoms with Crippen molar-refractivity contribution in [2.75, 3.05) is 6.61 Å². The monoisotopic (exact) mass is 267 g/mol. The summed E-state index contributed by atoms with van der Waals surface area (Å²) in [4.78, 5) is 0. The van der Waals surface area contributed by atoms with E-state index in [0.717, 1.165) is 18.0 Å². The highest BCUT2D eigenvalue weighted by molar-refractivity contribution is 5.28. The van der Waals surface area contributed by atoms with Crippen molar-refractivity contribution < 1.29 is 5.11 Å². The van der Waals surface area contributed by atoms with Gasteiger partial charge in [-0.15, -0.1) is 0 Å². The lowest BCUT2D eigenvalue weighted by molar-refractivity contribution is 0.243. The number of hydrogen-bond donors (Lipinski definition) is 2. The fraction of sp³-hybridized carbons (Fsp3) is 0.333. The van der Waals surface area contributed by atoms with E-state index in [1.54, 1.807) is 0 Å². The van der Waals surface area contributed by atoms with E-state index < -0.39 is 0 Å². The van der Waals surface area contributed by atoms with Crippen molar-refractivity contribution in [2.24, 2.45) is 0 Å². The molecule has 0 aromatic heterocycles. The van der Waals surface area contributed by atoms with Crippen molar-refractivity contribution in [3.8, 4) is 0 Å². The van der Waals surface area contributed by atoms with Gasteiger partial charge in [0.1, 0.15) is 0 Å². The van der Waals surface area contributed by atoms with E-state index in [0.29, 0.717) is 0 Å². The Morgan fingerprint density at radius 1 is 1.00 bits per heavy atom. The van der Waals surface area contributed by atoms with Gasteiger partial charge in [0.05, 0.1) is 12.6 Å². The minimum absolute atomic E-state index is 0.000640. The molecule has 1 fully saturated rings. The second kappa shape index (κ2) is 6.21. The minimum Gasteiger partial charge on any atom is -0.394 e. The first-order chi connectivity index (χ1) is 9.86. The lowest BCUT2D eigenvalue weighted by atomic mass is 10.1. The first-order valence-corrected chi connectivity index (χ1v) is 7.35. The van der Waals surface area contributed by atoms with Gasteiger partial charge < -0.3 is 10.4 Å². The van der Waals surface area contributed by atoms with Gasteiger partial charge in [-0.1, -0.05) is 54.6 Å². The average Bonchev–Trinajstić information content (AvgIpc) is 3.34. The van der Waals surface area contributed by atoms with Gasteiger partial charge in [-0.25, -0.2) is 0 Å². The van der Waals surface area contributed by atoms with Crippen molar-refractivity contribution in [2.45, 2.75) is 31.3 Å². The number of aliphatic hydroxyl groups is 1. The Labute approximate surface area is 120 Å². The van der Waals surface area contributed by atoms with E-state index in [9.17, 15) is 5.11 Å². The molecular weight excluding hydrogens is 246 g/mol. The number of rotatable bonds is 6. The maximum Gasteiger partial charge on any atom is 0.0626 e. The average molecular weight is 267 g/mol. The molecular formula is C18H21NO. The summed E-state index contributed by atoms with van der Waals surface area (Å²) in [7, 11) is 0. The van der Waals surface area contributed by atoms with E-state index in [1.165, 1.54) is 24.0 Å². The zero-order valence-corrected chi connectivity index (χ0v) is 11.6. The van der Waals surface area contributed by atoms with Crippen molar-refractivity contribution >= 4 is 0 Å². The van der Waals surface area contributed by atoms with Gasteiger partial charge in [0.2, 0.25) is 0 Å². The van der Waals surface area contributed by atoms with Crippen molar-refractivity contribution in [3.63, 3.8) is 0 Å². The first kappa shape index (κ1) is 13.3. The molecule has 2 aromatic rings. The van der Waals surface area contributed by atoms with Crippen LogP contribution in [-0.4, -0.2) is 11.7 Å². The smallest absolute Gasteiger partial charge is 0.0626 e. The predicted octanol–water partition coefficient (Wildman–Crippen LogP) is 3.39. The third-order valence-corrected chi connectivity index (χ3v) is 3.97. The number of nitrogens with one attached hydrogen (secondary N) is 1. The van der Waals surface area contributed by atoms with Gasteiger partial charge in [-0.2, -0.15) is 0 Å². The van der Waals surface area contributed by atoms with Gasteiger partial charge in [0.15, 0.2) is 0 Å². The Balaban J connectivity index is 1.59. The van der Waals surface area contributed by atoms with Crippen LogP contribution in [0.2, 0.25) is 0 Å². The Kier molecular flexibility index (Phi) is 4.14. The molecule has 1 saturated carbocycles. The number of hydrogen-bond acceptors (Lipinski definition) is 2. The van der Waals surface area contributed by atoms with Crippen LogP contribution in [0.5, 0.6) is 0 Å². The third-order valence-electron chi connectivity index (χ3n) is 3.97. The van der Waals surface area contributed by atoms with E-state index in [1.807, 2.05) is 30.3 Å². The summed E-state index contributed by atoms with van der Waals surface area (Å²) in [6.45, 7) is 0.898. The molecule has 0 radical (unpaired) electrons. The summed E-state index contributed by atoms with van der Waals surface area (Å²) < 4.78 is 0. The molecule has 2 aromatic carbocycles. The largest absolute Gasteiger partial charge is 0.394 e. The SMILES string of the molecule is OC[C@H](NCc1ccc(C2CC2)cc1)c1ccccc1. The Morgan fingerprint density at radius 3 is 2.30 bits per heavy atom. The molecule has 3 rings (SSSR count). The highest BCUT2D eigenvalue weighted by atomic mass is 16.3. The predicted molar refractivity (Wildman–Crippen MR) is 81.5 cm³/mol. The molecule has 20 heavy (non-hydrogen) atoms. The number of benzene rings is 2. The van der Waals surface area contributed by atoms with Gasteiger partial charge in [-0.05, 0) is 35.4 Å². The zero-order valence-electron chi connectivity index (χ0n) is 11.6. The summed E-state index contributed by atoms with van der Waals surface area (Å²) >= 11 is 0. The van der Waals surface area contributed by atoms with Crippen molar-refractivity contribution in [1.29, 1.82) is 0 Å². The molecule has 0 heterocycles. The highest BCUT2D eigenvalue weighted by Gasteiger charge is 2.22. The van der Waals surface area contributed by atoms with Crippen LogP contribution in [0.15, 0.2) is 54.6 Å². The van der Waals surface area contributed by atoms with Gasteiger partial charge in [0, 0.05) is 6.54 Å². The van der Waals surface area contributed by atoms with Crippen LogP contribution in [-0.2, 0) is 6.54 Å². The van der Waals surface area contributed by atoms with E-state index in [2.05, 4.69) is 29.6 Å². The quantitative estimate of drug-likeness (QED) is 0.841. The van der Waals surface area contributed by atoms with Crippen molar-refractivity contribution in [3.05, 3.63) is 71.3 Å². The van der Waals surface area contributed by atoms with Crippen molar-refractivity contribution in [1.82, 2.24) is 5.32 Å². The Hall–Kier alpha value is -1.64. The molecule has 104 valence electrons. The van der Waals surface area contributed by atoms with E-state index in [-0.39, 0.29) is 12.6 Å². The van der Waals surface area contributed by atoms with Gasteiger partial charge in [-0.3, -0.25) is 0 Å². The Bertz CT molecular complexity index is 531. The molecule has 0 unspecified atom stereocenters. The highest BCUT2D eigenvalue weighted by Crippen LogP contribution is 2.39. The molecule has 0 saturated heterocycles. The minimum atomic E-state index is -0.000640. The Morgan fingerprint density at radius 2 is 1.70 bits per heavy atom. The van der Waals surface area contributed by atoms with Gasteiger partial charge >= 0.3 is 0 Å². The lowest BCUT2D eigenvalue weighted by Gasteiger charge is -2.17. The van der Waals surface area contributed by atoms with Crippen LogP contribution in [0.1, 0.15) is 41.5 Å². The first-order valence-electron chi connectivity index (χ1n) is 7.35. The molecule has 1 aliphatic rings. The molecule has 2 heteroatoms. The molecule has 0 aliphatic heterocycles. The van der Waals surface area contributed by atoms with E-state index >= 15 is 0 Å². The molecule has 0 amide bonds. The van der Waals surface area contributed by atoms with Crippen LogP contribution in [0.3, 0.4) is 0 Å². The normalized spacial score (nSPS) is 16.1. The third kappa shape index (κ3) is 3.27. The fourth-order valence-electron chi connectivity index (χ4n) is 2.54. The molecule has 2 N–H and O–H groups in total. The summed E-state index contributed by atoms with van der Waals surface area (Å²) in [5.41, 5.74) is 3.86. The van der Waals surface area contributed by atoms with E-state index in [4.69, 9.17) is 0 Å². The zero-order chi connectivity index (χ0) is 13.8. The van der Waals surface area contributed by atoms with Crippen LogP contribution in [0.25, 0.3) is 0 Å². The fourth-order valence-corrected chi connectivity index (χ4v) is 2.54. The lowest BCUT2D eigenvalue weighted by Crippen LogP contribution is -2.23. The molecule has 0 spiro atoms. The van der Waals surface area contributed by atoms with Crippen LogP contribution >= 0.6 is 0 Å². The summed E-state index contributed by atoms with van der Waals surface area (Å²) in [6.07, 6.45) is 2.69. The second-order valence-electron chi connectivity index (χ2n) is 5.54. The molecule has 0 bridgehead atoms. The molecule has 1 atom stereocenters.